The maximum atomic E-state index is 6.41. The van der Waals surface area contributed by atoms with E-state index in [1.807, 2.05) is 54.7 Å². The van der Waals surface area contributed by atoms with Gasteiger partial charge >= 0.3 is 0 Å². The third-order valence-electron chi connectivity index (χ3n) is 7.37. The van der Waals surface area contributed by atoms with Crippen molar-refractivity contribution >= 4 is 58.1 Å². The van der Waals surface area contributed by atoms with Gasteiger partial charge in [0.2, 0.25) is 0 Å². The van der Waals surface area contributed by atoms with E-state index in [9.17, 15) is 0 Å². The van der Waals surface area contributed by atoms with Crippen molar-refractivity contribution in [2.75, 3.05) is 20.2 Å². The van der Waals surface area contributed by atoms with E-state index in [2.05, 4.69) is 31.3 Å². The first kappa shape index (κ1) is 35.7. The van der Waals surface area contributed by atoms with Crippen molar-refractivity contribution in [1.82, 2.24) is 15.3 Å². The Morgan fingerprint density at radius 3 is 1.85 bits per heavy atom. The van der Waals surface area contributed by atoms with Gasteiger partial charge in [-0.15, -0.1) is 0 Å². The predicted octanol–water partition coefficient (Wildman–Crippen LogP) is 8.91. The molecule has 7 nitrogen and oxygen atoms in total. The van der Waals surface area contributed by atoms with E-state index in [0.717, 1.165) is 72.8 Å². The van der Waals surface area contributed by atoms with Crippen LogP contribution in [0, 0.1) is 0 Å². The first-order chi connectivity index (χ1) is 22.4. The van der Waals surface area contributed by atoms with Crippen LogP contribution in [0.1, 0.15) is 60.0 Å². The number of nitrogens with zero attached hydrogens (tertiary/aromatic N) is 4. The average molecular weight is 701 g/mol. The summed E-state index contributed by atoms with van der Waals surface area (Å²) in [6.07, 6.45) is 13.0. The molecule has 0 aliphatic carbocycles. The Labute approximate surface area is 291 Å². The van der Waals surface area contributed by atoms with Crippen LogP contribution in [-0.2, 0) is 17.6 Å². The summed E-state index contributed by atoms with van der Waals surface area (Å²) < 4.78 is 4.86. The summed E-state index contributed by atoms with van der Waals surface area (Å²) in [5.74, 6) is 1.96. The van der Waals surface area contributed by atoms with Gasteiger partial charge < -0.3 is 15.8 Å². The van der Waals surface area contributed by atoms with Crippen LogP contribution in [0.3, 0.4) is 0 Å². The minimum absolute atomic E-state index is 0.0345. The largest absolute Gasteiger partial charge is 0.484 e. The number of hydrogen-bond donors (Lipinski definition) is 2. The molecule has 4 heterocycles. The summed E-state index contributed by atoms with van der Waals surface area (Å²) in [4.78, 5) is 16.8. The number of methoxy groups -OCH3 is 1. The minimum Gasteiger partial charge on any atom is -0.484 e. The second kappa shape index (κ2) is 18.8. The highest BCUT2D eigenvalue weighted by Crippen LogP contribution is 2.32. The zero-order valence-electron chi connectivity index (χ0n) is 25.7. The van der Waals surface area contributed by atoms with Crippen LogP contribution in [0.25, 0.3) is 0 Å². The molecule has 3 N–H and O–H groups in total. The van der Waals surface area contributed by atoms with Crippen LogP contribution >= 0.6 is 46.4 Å². The van der Waals surface area contributed by atoms with E-state index in [4.69, 9.17) is 56.9 Å². The molecule has 46 heavy (non-hydrogen) atoms. The van der Waals surface area contributed by atoms with Crippen molar-refractivity contribution in [3.8, 4) is 0 Å². The van der Waals surface area contributed by atoms with Gasteiger partial charge in [-0.2, -0.15) is 0 Å². The molecule has 0 bridgehead atoms. The topological polar surface area (TPSA) is 97.8 Å². The number of aliphatic imine (C=N–C) groups is 2. The van der Waals surface area contributed by atoms with Gasteiger partial charge in [0.1, 0.15) is 0 Å². The van der Waals surface area contributed by atoms with Gasteiger partial charge in [-0.3, -0.25) is 20.0 Å². The first-order valence-corrected chi connectivity index (χ1v) is 16.6. The maximum Gasteiger partial charge on any atom is 0.182 e. The predicted molar refractivity (Wildman–Crippen MR) is 192 cm³/mol. The second-order valence-electron chi connectivity index (χ2n) is 10.7. The van der Waals surface area contributed by atoms with Gasteiger partial charge in [-0.05, 0) is 72.2 Å². The Kier molecular flexibility index (Phi) is 14.6. The molecule has 0 amide bonds. The average Bonchev–Trinajstić information content (AvgIpc) is 3.80. The molecule has 11 heteroatoms. The van der Waals surface area contributed by atoms with Gasteiger partial charge in [-0.1, -0.05) is 82.8 Å². The number of ether oxygens (including phenoxy) is 1. The van der Waals surface area contributed by atoms with Crippen LogP contribution in [0.5, 0.6) is 0 Å². The standard InChI is InChI=1S/C17H17Cl2N3.C13H12Cl2N2.C5H9NO/c18-14-6-1-5-13(17(14)19)15(22-16-7-3-9-21-16)10-12-4-2-8-20-11-12;14-11-5-1-4-10(13(11)15)12(16)7-9-3-2-6-17-8-9;1-7-5-3-2-4-6-5/h1-2,4-6,8,11,15H,3,7,9-10H2,(H,21,22);1-6,8,12H,7,16H2;2-4H2,1H3. The maximum absolute atomic E-state index is 6.41. The number of hydrogen-bond acceptors (Lipinski definition) is 7. The van der Waals surface area contributed by atoms with Crippen molar-refractivity contribution in [1.29, 1.82) is 0 Å². The highest BCUT2D eigenvalue weighted by Gasteiger charge is 2.20. The number of pyridine rings is 2. The Bertz CT molecular complexity index is 1590. The highest BCUT2D eigenvalue weighted by molar-refractivity contribution is 6.43. The lowest BCUT2D eigenvalue weighted by atomic mass is 9.99. The van der Waals surface area contributed by atoms with Gasteiger partial charge in [0.05, 0.1) is 39.1 Å². The summed E-state index contributed by atoms with van der Waals surface area (Å²) in [7, 11) is 1.67. The molecule has 0 saturated carbocycles. The number of nitrogens with one attached hydrogen (secondary N) is 1. The molecule has 0 fully saturated rings. The van der Waals surface area contributed by atoms with Crippen molar-refractivity contribution in [2.45, 2.75) is 50.6 Å². The van der Waals surface area contributed by atoms with Gasteiger partial charge in [0.15, 0.2) is 5.90 Å². The Hall–Kier alpha value is -3.20. The van der Waals surface area contributed by atoms with Crippen LogP contribution in [-0.4, -0.2) is 41.9 Å². The lowest BCUT2D eigenvalue weighted by molar-refractivity contribution is 0.395. The van der Waals surface area contributed by atoms with Crippen LogP contribution in [0.2, 0.25) is 20.1 Å². The lowest BCUT2D eigenvalue weighted by Gasteiger charge is -2.22. The zero-order valence-corrected chi connectivity index (χ0v) is 28.7. The van der Waals surface area contributed by atoms with Gasteiger partial charge in [0.25, 0.3) is 0 Å². The molecule has 2 aliphatic rings. The van der Waals surface area contributed by atoms with E-state index < -0.39 is 0 Å². The third kappa shape index (κ3) is 11.0. The summed E-state index contributed by atoms with van der Waals surface area (Å²) >= 11 is 24.7. The van der Waals surface area contributed by atoms with Gasteiger partial charge in [-0.25, -0.2) is 0 Å². The number of aromatic nitrogens is 2. The monoisotopic (exact) mass is 698 g/mol. The minimum atomic E-state index is -0.176. The highest BCUT2D eigenvalue weighted by atomic mass is 35.5. The van der Waals surface area contributed by atoms with E-state index in [-0.39, 0.29) is 12.1 Å². The third-order valence-corrected chi connectivity index (χ3v) is 9.03. The van der Waals surface area contributed by atoms with Crippen molar-refractivity contribution in [3.63, 3.8) is 0 Å². The molecule has 2 aromatic carbocycles. The normalized spacial score (nSPS) is 14.9. The number of benzene rings is 2. The molecule has 0 radical (unpaired) electrons. The molecule has 6 rings (SSSR count). The molecule has 0 saturated heterocycles. The SMILES string of the molecule is COC1=NCCC1.Clc1cccc(C(Cc2cccnc2)NC2=NCCC2)c1Cl.NC(Cc1cccnc1)c1cccc(Cl)c1Cl. The number of rotatable bonds is 7. The molecular weight excluding hydrogens is 662 g/mol. The van der Waals surface area contributed by atoms with E-state index in [1.165, 1.54) is 6.42 Å². The summed E-state index contributed by atoms with van der Waals surface area (Å²) in [5, 5.41) is 5.77. The van der Waals surface area contributed by atoms with Crippen LogP contribution < -0.4 is 11.1 Å². The molecule has 2 aliphatic heterocycles. The van der Waals surface area contributed by atoms with Crippen LogP contribution in [0.15, 0.2) is 95.4 Å². The fourth-order valence-electron chi connectivity index (χ4n) is 5.01. The number of nitrogens with two attached hydrogens (primary N) is 1. The summed E-state index contributed by atoms with van der Waals surface area (Å²) in [6.45, 7) is 1.86. The summed E-state index contributed by atoms with van der Waals surface area (Å²) in [5.41, 5.74) is 10.2. The Morgan fingerprint density at radius 1 is 0.739 bits per heavy atom. The number of amidine groups is 1. The quantitative estimate of drug-likeness (QED) is 0.201. The van der Waals surface area contributed by atoms with Crippen molar-refractivity contribution < 1.29 is 4.74 Å². The smallest absolute Gasteiger partial charge is 0.182 e. The van der Waals surface area contributed by atoms with Crippen LogP contribution in [0.4, 0.5) is 0 Å². The molecule has 2 unspecified atom stereocenters. The van der Waals surface area contributed by atoms with Crippen molar-refractivity contribution in [2.24, 2.45) is 15.7 Å². The van der Waals surface area contributed by atoms with E-state index >= 15 is 0 Å². The van der Waals surface area contributed by atoms with E-state index in [0.29, 0.717) is 26.5 Å². The molecule has 0 spiro atoms. The Morgan fingerprint density at radius 2 is 1.33 bits per heavy atom. The fraction of sp³-hybridized carbons (Fsp3) is 0.314. The first-order valence-electron chi connectivity index (χ1n) is 15.1. The lowest BCUT2D eigenvalue weighted by Crippen LogP contribution is -2.29. The summed E-state index contributed by atoms with van der Waals surface area (Å²) in [6, 6.07) is 19.0. The molecular formula is C35H38Cl4N6O. The van der Waals surface area contributed by atoms with E-state index in [1.54, 1.807) is 31.8 Å². The van der Waals surface area contributed by atoms with Gasteiger partial charge in [0, 0.05) is 56.8 Å². The Balaban J connectivity index is 0.000000176. The molecule has 2 atom stereocenters. The second-order valence-corrected chi connectivity index (χ2v) is 12.3. The zero-order chi connectivity index (χ0) is 32.7. The fourth-order valence-corrected chi connectivity index (χ4v) is 5.90. The van der Waals surface area contributed by atoms with Crippen molar-refractivity contribution in [3.05, 3.63) is 128 Å². The number of halogens is 4. The molecule has 242 valence electrons. The molecule has 2 aromatic heterocycles. The molecule has 4 aromatic rings.